The molecule has 2 aromatic carbocycles. The van der Waals surface area contributed by atoms with Crippen molar-refractivity contribution in [3.05, 3.63) is 52.6 Å². The topological polar surface area (TPSA) is 137 Å². The van der Waals surface area contributed by atoms with Crippen molar-refractivity contribution in [2.45, 2.75) is 25.5 Å². The molecule has 0 aromatic heterocycles. The Balaban J connectivity index is 1.83. The quantitative estimate of drug-likeness (QED) is 0.426. The number of sulfonamides is 1. The number of nitrogens with one attached hydrogen (secondary N) is 1. The maximum atomic E-state index is 13.1. The molecule has 0 unspecified atom stereocenters. The Hall–Kier alpha value is -3.54. The van der Waals surface area contributed by atoms with Gasteiger partial charge in [0.15, 0.2) is 11.5 Å². The summed E-state index contributed by atoms with van der Waals surface area (Å²) in [6.07, 6.45) is 0.562. The number of fused-ring (bicyclic) bond motifs is 1. The van der Waals surface area contributed by atoms with Crippen LogP contribution in [-0.2, 0) is 14.8 Å². The van der Waals surface area contributed by atoms with Gasteiger partial charge in [-0.1, -0.05) is 19.1 Å². The van der Waals surface area contributed by atoms with Gasteiger partial charge in [-0.25, -0.2) is 8.42 Å². The predicted molar refractivity (Wildman–Crippen MR) is 120 cm³/mol. The molecular weight excluding hydrogens is 454 g/mol. The van der Waals surface area contributed by atoms with Crippen LogP contribution in [0.4, 0.5) is 11.4 Å². The average molecular weight is 480 g/mol. The van der Waals surface area contributed by atoms with Crippen LogP contribution in [0.15, 0.2) is 42.5 Å². The Kier molecular flexibility index (Phi) is 7.26. The van der Waals surface area contributed by atoms with Crippen molar-refractivity contribution in [2.24, 2.45) is 0 Å². The monoisotopic (exact) mass is 479 g/mol. The first-order chi connectivity index (χ1) is 15.7. The molecule has 1 N–H and O–H groups in total. The largest absolute Gasteiger partial charge is 0.495 e. The highest BCUT2D eigenvalue weighted by Gasteiger charge is 2.35. The molecule has 33 heavy (non-hydrogen) atoms. The fraction of sp³-hybridized carbons (Fsp3) is 0.381. The first-order valence-corrected chi connectivity index (χ1v) is 12.0. The summed E-state index contributed by atoms with van der Waals surface area (Å²) in [4.78, 5) is 23.7. The normalized spacial score (nSPS) is 15.9. The van der Waals surface area contributed by atoms with Gasteiger partial charge in [-0.15, -0.1) is 0 Å². The zero-order chi connectivity index (χ0) is 24.2. The maximum absolute atomic E-state index is 13.1. The van der Waals surface area contributed by atoms with E-state index in [1.165, 1.54) is 19.2 Å². The molecule has 0 saturated heterocycles. The summed E-state index contributed by atoms with van der Waals surface area (Å²) < 4.78 is 42.9. The highest BCUT2D eigenvalue weighted by molar-refractivity contribution is 7.92. The van der Waals surface area contributed by atoms with Gasteiger partial charge in [0.1, 0.15) is 30.2 Å². The van der Waals surface area contributed by atoms with Crippen LogP contribution in [0.1, 0.15) is 13.3 Å². The molecule has 0 spiro atoms. The van der Waals surface area contributed by atoms with E-state index < -0.39 is 33.0 Å². The summed E-state index contributed by atoms with van der Waals surface area (Å²) in [7, 11) is -2.71. The van der Waals surface area contributed by atoms with Crippen LogP contribution < -0.4 is 23.8 Å². The van der Waals surface area contributed by atoms with Gasteiger partial charge in [0.25, 0.3) is 5.69 Å². The van der Waals surface area contributed by atoms with E-state index in [0.29, 0.717) is 11.5 Å². The molecule has 0 bridgehead atoms. The molecule has 2 aromatic rings. The molecule has 0 radical (unpaired) electrons. The van der Waals surface area contributed by atoms with Crippen molar-refractivity contribution in [1.29, 1.82) is 0 Å². The minimum Gasteiger partial charge on any atom is -0.495 e. The van der Waals surface area contributed by atoms with Crippen LogP contribution in [0.3, 0.4) is 0 Å². The van der Waals surface area contributed by atoms with Crippen molar-refractivity contribution in [3.63, 3.8) is 0 Å². The minimum absolute atomic E-state index is 0.0767. The Morgan fingerprint density at radius 1 is 1.30 bits per heavy atom. The molecule has 1 amide bonds. The Labute approximate surface area is 191 Å². The Morgan fingerprint density at radius 3 is 2.61 bits per heavy atom. The number of para-hydroxylation sites is 2. The standard InChI is InChI=1S/C21H25N3O8S/c1-4-16(21(25)22-12-15-13-31-19-7-5-6-8-20(19)32-15)23(33(3,28)29)17-11-14(24(26)27)9-10-18(17)30-2/h5-11,15-16H,4,12-13H2,1-3H3,(H,22,25)/t15-,16+/m1/s1. The summed E-state index contributed by atoms with van der Waals surface area (Å²) in [5.41, 5.74) is -0.427. The number of hydrogen-bond acceptors (Lipinski definition) is 8. The Bertz CT molecular complexity index is 1140. The number of methoxy groups -OCH3 is 1. The molecule has 3 rings (SSSR count). The molecular formula is C21H25N3O8S. The van der Waals surface area contributed by atoms with Gasteiger partial charge in [0.05, 0.1) is 24.8 Å². The Morgan fingerprint density at radius 2 is 2.00 bits per heavy atom. The fourth-order valence-corrected chi connectivity index (χ4v) is 4.70. The van der Waals surface area contributed by atoms with Crippen molar-refractivity contribution in [1.82, 2.24) is 5.32 Å². The lowest BCUT2D eigenvalue weighted by molar-refractivity contribution is -0.384. The molecule has 0 fully saturated rings. The number of carbonyl (C=O) groups excluding carboxylic acids is 1. The second-order valence-electron chi connectivity index (χ2n) is 7.34. The van der Waals surface area contributed by atoms with Crippen LogP contribution in [0.25, 0.3) is 0 Å². The van der Waals surface area contributed by atoms with Gasteiger partial charge in [-0.2, -0.15) is 0 Å². The van der Waals surface area contributed by atoms with E-state index in [0.717, 1.165) is 16.6 Å². The van der Waals surface area contributed by atoms with Crippen molar-refractivity contribution >= 4 is 27.3 Å². The lowest BCUT2D eigenvalue weighted by Gasteiger charge is -2.32. The number of nitro groups is 1. The number of rotatable bonds is 9. The zero-order valence-corrected chi connectivity index (χ0v) is 19.2. The lowest BCUT2D eigenvalue weighted by atomic mass is 10.1. The van der Waals surface area contributed by atoms with Gasteiger partial charge in [0.2, 0.25) is 15.9 Å². The van der Waals surface area contributed by atoms with E-state index in [4.69, 9.17) is 14.2 Å². The molecule has 12 heteroatoms. The number of ether oxygens (including phenoxy) is 3. The van der Waals surface area contributed by atoms with Gasteiger partial charge in [-0.3, -0.25) is 19.2 Å². The van der Waals surface area contributed by atoms with Crippen LogP contribution in [0.2, 0.25) is 0 Å². The number of non-ortho nitro benzene ring substituents is 1. The maximum Gasteiger partial charge on any atom is 0.271 e. The average Bonchev–Trinajstić information content (AvgIpc) is 2.79. The number of hydrogen-bond donors (Lipinski definition) is 1. The summed E-state index contributed by atoms with van der Waals surface area (Å²) in [5.74, 6) is 0.651. The predicted octanol–water partition coefficient (Wildman–Crippen LogP) is 2.10. The number of carbonyl (C=O) groups is 1. The second-order valence-corrected chi connectivity index (χ2v) is 9.20. The summed E-state index contributed by atoms with van der Waals surface area (Å²) in [6.45, 7) is 1.93. The second kappa shape index (κ2) is 9.94. The van der Waals surface area contributed by atoms with E-state index in [9.17, 15) is 23.3 Å². The molecule has 2 atom stereocenters. The highest BCUT2D eigenvalue weighted by atomic mass is 32.2. The van der Waals surface area contributed by atoms with Crippen molar-refractivity contribution in [2.75, 3.05) is 30.8 Å². The summed E-state index contributed by atoms with van der Waals surface area (Å²) in [5, 5.41) is 14.0. The van der Waals surface area contributed by atoms with Crippen LogP contribution in [-0.4, -0.2) is 57.9 Å². The number of anilines is 1. The van der Waals surface area contributed by atoms with Gasteiger partial charge < -0.3 is 19.5 Å². The van der Waals surface area contributed by atoms with Crippen molar-refractivity contribution < 1.29 is 32.3 Å². The lowest BCUT2D eigenvalue weighted by Crippen LogP contribution is -2.51. The summed E-state index contributed by atoms with van der Waals surface area (Å²) >= 11 is 0. The van der Waals surface area contributed by atoms with Crippen molar-refractivity contribution in [3.8, 4) is 17.2 Å². The molecule has 0 saturated carbocycles. The highest BCUT2D eigenvalue weighted by Crippen LogP contribution is 2.36. The summed E-state index contributed by atoms with van der Waals surface area (Å²) in [6, 6.07) is 9.53. The van der Waals surface area contributed by atoms with Gasteiger partial charge in [-0.05, 0) is 24.6 Å². The smallest absolute Gasteiger partial charge is 0.271 e. The van der Waals surface area contributed by atoms with E-state index in [2.05, 4.69) is 5.32 Å². The third kappa shape index (κ3) is 5.45. The number of amides is 1. The number of nitrogens with zero attached hydrogens (tertiary/aromatic N) is 2. The molecule has 1 aliphatic rings. The molecule has 1 aliphatic heterocycles. The van der Waals surface area contributed by atoms with Gasteiger partial charge >= 0.3 is 0 Å². The fourth-order valence-electron chi connectivity index (χ4n) is 3.50. The molecule has 1 heterocycles. The van der Waals surface area contributed by atoms with Crippen LogP contribution >= 0.6 is 0 Å². The first-order valence-electron chi connectivity index (χ1n) is 10.1. The van der Waals surface area contributed by atoms with Crippen LogP contribution in [0, 0.1) is 10.1 Å². The van der Waals surface area contributed by atoms with E-state index in [-0.39, 0.29) is 36.7 Å². The van der Waals surface area contributed by atoms with Crippen LogP contribution in [0.5, 0.6) is 17.2 Å². The number of nitro benzene ring substituents is 1. The van der Waals surface area contributed by atoms with E-state index in [1.54, 1.807) is 25.1 Å². The zero-order valence-electron chi connectivity index (χ0n) is 18.4. The molecule has 0 aliphatic carbocycles. The SMILES string of the molecule is CC[C@@H](C(=O)NC[C@@H]1COc2ccccc2O1)N(c1cc([N+](=O)[O-])ccc1OC)S(C)(=O)=O. The third-order valence-corrected chi connectivity index (χ3v) is 6.18. The van der Waals surface area contributed by atoms with E-state index in [1.807, 2.05) is 6.07 Å². The van der Waals surface area contributed by atoms with E-state index >= 15 is 0 Å². The minimum atomic E-state index is -4.02. The first kappa shape index (κ1) is 24.1. The van der Waals surface area contributed by atoms with Gasteiger partial charge in [0, 0.05) is 12.1 Å². The molecule has 178 valence electrons. The third-order valence-electron chi connectivity index (χ3n) is 5.01. The molecule has 11 nitrogen and oxygen atoms in total. The number of benzene rings is 2.